The van der Waals surface area contributed by atoms with Crippen molar-refractivity contribution in [3.63, 3.8) is 0 Å². The van der Waals surface area contributed by atoms with E-state index in [1.807, 2.05) is 18.4 Å². The summed E-state index contributed by atoms with van der Waals surface area (Å²) in [6.07, 6.45) is 1.60. The maximum absolute atomic E-state index is 13.0. The number of nitro benzene ring substituents is 1. The van der Waals surface area contributed by atoms with Gasteiger partial charge in [0.1, 0.15) is 0 Å². The molecule has 2 aromatic rings. The second-order valence-corrected chi connectivity index (χ2v) is 10.3. The van der Waals surface area contributed by atoms with Gasteiger partial charge in [-0.1, -0.05) is 6.07 Å². The Hall–Kier alpha value is -2.30. The third kappa shape index (κ3) is 5.05. The van der Waals surface area contributed by atoms with Gasteiger partial charge < -0.3 is 5.32 Å². The zero-order chi connectivity index (χ0) is 21.9. The number of hydrogen-bond acceptors (Lipinski definition) is 6. The Bertz CT molecular complexity index is 1010. The Morgan fingerprint density at radius 2 is 2.03 bits per heavy atom. The molecule has 1 aromatic heterocycles. The molecule has 1 aliphatic rings. The van der Waals surface area contributed by atoms with E-state index in [1.165, 1.54) is 22.0 Å². The summed E-state index contributed by atoms with van der Waals surface area (Å²) in [5.74, 6) is -0.297. The van der Waals surface area contributed by atoms with E-state index < -0.39 is 14.9 Å². The number of carbonyl (C=O) groups is 1. The molecule has 0 saturated carbocycles. The fourth-order valence-corrected chi connectivity index (χ4v) is 6.05. The van der Waals surface area contributed by atoms with Gasteiger partial charge in [0, 0.05) is 37.2 Å². The maximum atomic E-state index is 13.0. The predicted molar refractivity (Wildman–Crippen MR) is 115 cm³/mol. The summed E-state index contributed by atoms with van der Waals surface area (Å²) >= 11 is 1.62. The molecule has 1 aliphatic heterocycles. The van der Waals surface area contributed by atoms with Crippen LogP contribution in [-0.2, 0) is 21.2 Å². The minimum absolute atomic E-state index is 0.00128. The monoisotopic (exact) mass is 451 g/mol. The van der Waals surface area contributed by atoms with Crippen LogP contribution in [-0.4, -0.2) is 42.7 Å². The van der Waals surface area contributed by atoms with Crippen molar-refractivity contribution >= 4 is 33.0 Å². The van der Waals surface area contributed by atoms with Gasteiger partial charge >= 0.3 is 0 Å². The van der Waals surface area contributed by atoms with Crippen LogP contribution in [0.25, 0.3) is 0 Å². The number of hydrogen-bond donors (Lipinski definition) is 1. The van der Waals surface area contributed by atoms with Crippen LogP contribution in [0.3, 0.4) is 0 Å². The molecule has 1 fully saturated rings. The first-order chi connectivity index (χ1) is 14.2. The zero-order valence-electron chi connectivity index (χ0n) is 16.9. The summed E-state index contributed by atoms with van der Waals surface area (Å²) in [6.45, 7) is 3.99. The van der Waals surface area contributed by atoms with Gasteiger partial charge in [-0.15, -0.1) is 0 Å². The van der Waals surface area contributed by atoms with Gasteiger partial charge in [-0.05, 0) is 61.1 Å². The highest BCUT2D eigenvalue weighted by molar-refractivity contribution is 7.89. The van der Waals surface area contributed by atoms with Crippen molar-refractivity contribution in [1.29, 1.82) is 0 Å². The van der Waals surface area contributed by atoms with Gasteiger partial charge in [-0.3, -0.25) is 14.9 Å². The van der Waals surface area contributed by atoms with Crippen molar-refractivity contribution in [2.45, 2.75) is 44.0 Å². The molecule has 8 nitrogen and oxygen atoms in total. The normalized spacial score (nSPS) is 16.9. The molecule has 1 N–H and O–H groups in total. The minimum atomic E-state index is -3.86. The molecule has 10 heteroatoms. The number of carbonyl (C=O) groups excluding carboxylic acids is 1. The molecular formula is C20H25N3O5S2. The smallest absolute Gasteiger partial charge is 0.270 e. The lowest BCUT2D eigenvalue weighted by Gasteiger charge is -2.31. The second-order valence-electron chi connectivity index (χ2n) is 7.63. The second kappa shape index (κ2) is 9.23. The average Bonchev–Trinajstić information content (AvgIpc) is 3.20. The van der Waals surface area contributed by atoms with E-state index in [0.717, 1.165) is 12.5 Å². The van der Waals surface area contributed by atoms with Crippen LogP contribution >= 0.6 is 11.3 Å². The maximum Gasteiger partial charge on any atom is 0.270 e. The Balaban J connectivity index is 1.61. The van der Waals surface area contributed by atoms with Crippen molar-refractivity contribution in [2.75, 3.05) is 13.1 Å². The number of aryl methyl sites for hydroxylation is 1. The van der Waals surface area contributed by atoms with Crippen molar-refractivity contribution in [1.82, 2.24) is 9.62 Å². The standard InChI is InChI=1S/C20H25N3O5S2/c1-14-3-4-18(23(25)26)12-19(14)30(27,28)22-8-5-17(6-9-22)20(24)21-15(2)11-16-7-10-29-13-16/h3-4,7,10,12-13,15,17H,5-6,8-9,11H2,1-2H3,(H,21,24). The first-order valence-electron chi connectivity index (χ1n) is 9.75. The third-order valence-corrected chi connectivity index (χ3v) is 8.11. The first kappa shape index (κ1) is 22.4. The van der Waals surface area contributed by atoms with Crippen LogP contribution in [0.5, 0.6) is 0 Å². The average molecular weight is 452 g/mol. The van der Waals surface area contributed by atoms with Crippen LogP contribution in [0.4, 0.5) is 5.69 Å². The Labute approximate surface area is 180 Å². The van der Waals surface area contributed by atoms with E-state index in [1.54, 1.807) is 18.3 Å². The quantitative estimate of drug-likeness (QED) is 0.514. The van der Waals surface area contributed by atoms with Crippen LogP contribution < -0.4 is 5.32 Å². The van der Waals surface area contributed by atoms with Crippen molar-refractivity contribution in [2.24, 2.45) is 5.92 Å². The highest BCUT2D eigenvalue weighted by Crippen LogP contribution is 2.28. The molecular weight excluding hydrogens is 426 g/mol. The van der Waals surface area contributed by atoms with Gasteiger partial charge in [-0.2, -0.15) is 15.6 Å². The van der Waals surface area contributed by atoms with E-state index >= 15 is 0 Å². The number of amides is 1. The number of nitrogens with one attached hydrogen (secondary N) is 1. The lowest BCUT2D eigenvalue weighted by Crippen LogP contribution is -2.45. The van der Waals surface area contributed by atoms with E-state index in [0.29, 0.717) is 18.4 Å². The fraction of sp³-hybridized carbons (Fsp3) is 0.450. The van der Waals surface area contributed by atoms with Gasteiger partial charge in [0.25, 0.3) is 5.69 Å². The fourth-order valence-electron chi connectivity index (χ4n) is 3.65. The molecule has 1 aromatic carbocycles. The molecule has 3 rings (SSSR count). The summed E-state index contributed by atoms with van der Waals surface area (Å²) in [5, 5.41) is 18.1. The Kier molecular flexibility index (Phi) is 6.89. The van der Waals surface area contributed by atoms with E-state index in [9.17, 15) is 23.3 Å². The third-order valence-electron chi connectivity index (χ3n) is 5.34. The number of piperidine rings is 1. The van der Waals surface area contributed by atoms with Crippen LogP contribution in [0, 0.1) is 23.0 Å². The molecule has 162 valence electrons. The molecule has 30 heavy (non-hydrogen) atoms. The summed E-state index contributed by atoms with van der Waals surface area (Å²) in [7, 11) is -3.86. The lowest BCUT2D eigenvalue weighted by atomic mass is 9.96. The number of non-ortho nitro benzene ring substituents is 1. The van der Waals surface area contributed by atoms with Crippen LogP contribution in [0.15, 0.2) is 39.9 Å². The van der Waals surface area contributed by atoms with Crippen molar-refractivity contribution < 1.29 is 18.1 Å². The molecule has 0 spiro atoms. The Morgan fingerprint density at radius 3 is 2.63 bits per heavy atom. The predicted octanol–water partition coefficient (Wildman–Crippen LogP) is 3.11. The van der Waals surface area contributed by atoms with Gasteiger partial charge in [-0.25, -0.2) is 8.42 Å². The Morgan fingerprint density at radius 1 is 1.33 bits per heavy atom. The molecule has 1 unspecified atom stereocenters. The van der Waals surface area contributed by atoms with E-state index in [-0.39, 0.29) is 41.5 Å². The summed E-state index contributed by atoms with van der Waals surface area (Å²) in [4.78, 5) is 23.0. The highest BCUT2D eigenvalue weighted by atomic mass is 32.2. The number of benzene rings is 1. The van der Waals surface area contributed by atoms with Crippen molar-refractivity contribution in [3.8, 4) is 0 Å². The van der Waals surface area contributed by atoms with Gasteiger partial charge in [0.2, 0.25) is 15.9 Å². The number of nitro groups is 1. The number of sulfonamides is 1. The SMILES string of the molecule is Cc1ccc([N+](=O)[O-])cc1S(=O)(=O)N1CCC(C(=O)NC(C)Cc2ccsc2)CC1. The van der Waals surface area contributed by atoms with E-state index in [2.05, 4.69) is 10.7 Å². The van der Waals surface area contributed by atoms with Gasteiger partial charge in [0.15, 0.2) is 0 Å². The van der Waals surface area contributed by atoms with Gasteiger partial charge in [0.05, 0.1) is 9.82 Å². The minimum Gasteiger partial charge on any atom is -0.353 e. The number of thiophene rings is 1. The summed E-state index contributed by atoms with van der Waals surface area (Å²) in [6, 6.07) is 5.88. The number of nitrogens with zero attached hydrogens (tertiary/aromatic N) is 2. The number of rotatable bonds is 7. The molecule has 1 amide bonds. The first-order valence-corrected chi connectivity index (χ1v) is 12.1. The largest absolute Gasteiger partial charge is 0.353 e. The zero-order valence-corrected chi connectivity index (χ0v) is 18.5. The molecule has 2 heterocycles. The molecule has 0 bridgehead atoms. The lowest BCUT2D eigenvalue weighted by molar-refractivity contribution is -0.385. The molecule has 0 aliphatic carbocycles. The topological polar surface area (TPSA) is 110 Å². The van der Waals surface area contributed by atoms with E-state index in [4.69, 9.17) is 0 Å². The van der Waals surface area contributed by atoms with Crippen LogP contribution in [0.1, 0.15) is 30.9 Å². The van der Waals surface area contributed by atoms with Crippen LogP contribution in [0.2, 0.25) is 0 Å². The molecule has 1 atom stereocenters. The summed E-state index contributed by atoms with van der Waals surface area (Å²) < 4.78 is 27.4. The highest BCUT2D eigenvalue weighted by Gasteiger charge is 2.33. The van der Waals surface area contributed by atoms with Crippen molar-refractivity contribution in [3.05, 3.63) is 56.3 Å². The molecule has 1 saturated heterocycles. The summed E-state index contributed by atoms with van der Waals surface area (Å²) in [5.41, 5.74) is 1.39. The molecule has 0 radical (unpaired) electrons.